The molecule has 0 saturated heterocycles. The van der Waals surface area contributed by atoms with Gasteiger partial charge in [-0.15, -0.1) is 0 Å². The molecule has 0 fully saturated rings. The second-order valence-electron chi connectivity index (χ2n) is 7.76. The van der Waals surface area contributed by atoms with Crippen molar-refractivity contribution in [3.05, 3.63) is 65.2 Å². The van der Waals surface area contributed by atoms with Crippen LogP contribution < -0.4 is 16.2 Å². The van der Waals surface area contributed by atoms with Crippen LogP contribution in [0.3, 0.4) is 0 Å². The zero-order chi connectivity index (χ0) is 23.8. The number of rotatable bonds is 6. The summed E-state index contributed by atoms with van der Waals surface area (Å²) < 4.78 is 41.8. The summed E-state index contributed by atoms with van der Waals surface area (Å²) in [4.78, 5) is 25.4. The molecule has 10 heteroatoms. The van der Waals surface area contributed by atoms with E-state index >= 15 is 0 Å². The zero-order valence-corrected chi connectivity index (χ0v) is 18.0. The van der Waals surface area contributed by atoms with Gasteiger partial charge in [-0.25, -0.2) is 0 Å². The van der Waals surface area contributed by atoms with E-state index in [0.29, 0.717) is 16.5 Å². The molecular weight excluding hydrogens is 435 g/mol. The molecule has 0 bridgehead atoms. The number of aryl methyl sites for hydroxylation is 1. The number of amides is 1. The van der Waals surface area contributed by atoms with Gasteiger partial charge in [0.25, 0.3) is 5.56 Å². The number of anilines is 2. The maximum atomic E-state index is 13.2. The van der Waals surface area contributed by atoms with Gasteiger partial charge < -0.3 is 15.2 Å². The van der Waals surface area contributed by atoms with Gasteiger partial charge in [0.1, 0.15) is 12.6 Å². The van der Waals surface area contributed by atoms with Crippen LogP contribution in [0.2, 0.25) is 0 Å². The van der Waals surface area contributed by atoms with Crippen LogP contribution in [0.15, 0.2) is 59.7 Å². The van der Waals surface area contributed by atoms with Gasteiger partial charge in [-0.3, -0.25) is 14.3 Å². The minimum atomic E-state index is -4.55. The van der Waals surface area contributed by atoms with Crippen molar-refractivity contribution in [3.8, 4) is 0 Å². The Balaban J connectivity index is 1.64. The monoisotopic (exact) mass is 457 g/mol. The van der Waals surface area contributed by atoms with Crippen molar-refractivity contribution in [2.24, 2.45) is 7.05 Å². The van der Waals surface area contributed by atoms with E-state index in [0.717, 1.165) is 21.2 Å². The lowest BCUT2D eigenvalue weighted by Gasteiger charge is -2.20. The number of pyridine rings is 1. The minimum Gasteiger partial charge on any atom is -0.355 e. The number of carbonyl (C=O) groups excluding carboxylic acids is 1. The predicted octanol–water partition coefficient (Wildman–Crippen LogP) is 4.09. The Morgan fingerprint density at radius 3 is 2.67 bits per heavy atom. The lowest BCUT2D eigenvalue weighted by atomic mass is 10.1. The summed E-state index contributed by atoms with van der Waals surface area (Å²) in [5.41, 5.74) is 1.74. The third-order valence-corrected chi connectivity index (χ3v) is 5.48. The molecule has 2 N–H and O–H groups in total. The number of hydrogen-bond acceptors (Lipinski definition) is 4. The van der Waals surface area contributed by atoms with Gasteiger partial charge in [-0.05, 0) is 42.1 Å². The van der Waals surface area contributed by atoms with Crippen molar-refractivity contribution >= 4 is 39.0 Å². The number of nitrogens with zero attached hydrogens (tertiary/aromatic N) is 3. The number of carbonyl (C=O) groups is 1. The van der Waals surface area contributed by atoms with Gasteiger partial charge in [0.15, 0.2) is 0 Å². The molecule has 0 spiro atoms. The second-order valence-corrected chi connectivity index (χ2v) is 7.76. The first kappa shape index (κ1) is 22.4. The van der Waals surface area contributed by atoms with Gasteiger partial charge in [0.2, 0.25) is 5.91 Å². The molecule has 0 saturated carbocycles. The summed E-state index contributed by atoms with van der Waals surface area (Å²) in [7, 11) is 1.84. The lowest BCUT2D eigenvalue weighted by molar-refractivity contribution is -0.162. The highest BCUT2D eigenvalue weighted by atomic mass is 19.4. The highest BCUT2D eigenvalue weighted by Gasteiger charge is 2.39. The lowest BCUT2D eigenvalue weighted by Crippen LogP contribution is -2.46. The molecule has 4 rings (SSSR count). The van der Waals surface area contributed by atoms with E-state index in [1.54, 1.807) is 35.1 Å². The number of fused-ring (bicyclic) bond motifs is 2. The van der Waals surface area contributed by atoms with Crippen LogP contribution in [0.5, 0.6) is 0 Å². The molecule has 0 radical (unpaired) electrons. The van der Waals surface area contributed by atoms with Crippen molar-refractivity contribution < 1.29 is 18.0 Å². The Morgan fingerprint density at radius 1 is 1.15 bits per heavy atom. The van der Waals surface area contributed by atoms with Crippen molar-refractivity contribution in [3.63, 3.8) is 0 Å². The number of nitrogens with one attached hydrogen (secondary N) is 2. The molecule has 2 aromatic heterocycles. The largest absolute Gasteiger partial charge is 0.408 e. The average Bonchev–Trinajstić information content (AvgIpc) is 3.13. The van der Waals surface area contributed by atoms with Gasteiger partial charge in [-0.1, -0.05) is 19.1 Å². The van der Waals surface area contributed by atoms with Crippen LogP contribution in [-0.4, -0.2) is 32.5 Å². The Hall–Kier alpha value is -3.82. The zero-order valence-electron chi connectivity index (χ0n) is 18.0. The normalized spacial score (nSPS) is 12.8. The van der Waals surface area contributed by atoms with Crippen LogP contribution in [0, 0.1) is 0 Å². The van der Waals surface area contributed by atoms with Crippen molar-refractivity contribution in [2.45, 2.75) is 32.1 Å². The van der Waals surface area contributed by atoms with Crippen LogP contribution >= 0.6 is 0 Å². The topological polar surface area (TPSA) is 81.0 Å². The fraction of sp³-hybridized carbons (Fsp3) is 0.261. The van der Waals surface area contributed by atoms with E-state index < -0.39 is 30.2 Å². The number of benzene rings is 2. The Labute approximate surface area is 186 Å². The molecule has 7 nitrogen and oxygen atoms in total. The van der Waals surface area contributed by atoms with Gasteiger partial charge in [0.05, 0.1) is 22.8 Å². The molecule has 0 unspecified atom stereocenters. The third-order valence-electron chi connectivity index (χ3n) is 5.48. The first-order valence-electron chi connectivity index (χ1n) is 10.3. The molecular formula is C23H22F3N5O2. The number of halogens is 3. The Morgan fingerprint density at radius 2 is 1.94 bits per heavy atom. The molecule has 0 aliphatic carbocycles. The molecule has 33 heavy (non-hydrogen) atoms. The first-order chi connectivity index (χ1) is 15.7. The quantitative estimate of drug-likeness (QED) is 0.457. The fourth-order valence-electron chi connectivity index (χ4n) is 3.76. The molecule has 4 aromatic rings. The van der Waals surface area contributed by atoms with Crippen LogP contribution in [0.1, 0.15) is 13.3 Å². The summed E-state index contributed by atoms with van der Waals surface area (Å²) in [6.45, 7) is 0.818. The highest BCUT2D eigenvalue weighted by Crippen LogP contribution is 2.26. The van der Waals surface area contributed by atoms with Crippen molar-refractivity contribution in [2.75, 3.05) is 5.32 Å². The average molecular weight is 457 g/mol. The summed E-state index contributed by atoms with van der Waals surface area (Å²) in [6, 6.07) is 10.6. The smallest absolute Gasteiger partial charge is 0.355 e. The Bertz CT molecular complexity index is 1390. The van der Waals surface area contributed by atoms with Gasteiger partial charge in [0, 0.05) is 24.3 Å². The summed E-state index contributed by atoms with van der Waals surface area (Å²) in [5.74, 6) is -0.881. The predicted molar refractivity (Wildman–Crippen MR) is 120 cm³/mol. The van der Waals surface area contributed by atoms with E-state index in [-0.39, 0.29) is 6.42 Å². The fourth-order valence-corrected chi connectivity index (χ4v) is 3.76. The van der Waals surface area contributed by atoms with Crippen LogP contribution in [-0.2, 0) is 18.4 Å². The van der Waals surface area contributed by atoms with E-state index in [1.807, 2.05) is 30.6 Å². The maximum absolute atomic E-state index is 13.2. The third kappa shape index (κ3) is 4.55. The number of alkyl halides is 3. The minimum absolute atomic E-state index is 0.294. The van der Waals surface area contributed by atoms with Crippen molar-refractivity contribution in [1.82, 2.24) is 19.7 Å². The SMILES string of the molecule is CC[C@H](NC(=O)Cn1ccc2cccc(Nc3ccc4c(cnn4C)c3)c2c1=O)C(F)(F)F. The van der Waals surface area contributed by atoms with Crippen LogP contribution in [0.4, 0.5) is 24.5 Å². The summed E-state index contributed by atoms with van der Waals surface area (Å²) in [5, 5.41) is 11.3. The van der Waals surface area contributed by atoms with Gasteiger partial charge in [-0.2, -0.15) is 18.3 Å². The van der Waals surface area contributed by atoms with E-state index in [1.165, 1.54) is 13.1 Å². The first-order valence-corrected chi connectivity index (χ1v) is 10.3. The Kier molecular flexibility index (Phi) is 5.84. The molecule has 0 aliphatic heterocycles. The van der Waals surface area contributed by atoms with Crippen molar-refractivity contribution in [1.29, 1.82) is 0 Å². The van der Waals surface area contributed by atoms with E-state index in [9.17, 15) is 22.8 Å². The highest BCUT2D eigenvalue weighted by molar-refractivity contribution is 5.95. The molecule has 0 aliphatic rings. The molecule has 1 amide bonds. The number of hydrogen-bond donors (Lipinski definition) is 2. The van der Waals surface area contributed by atoms with Crippen LogP contribution in [0.25, 0.3) is 21.7 Å². The standard InChI is InChI=1S/C23H22F3N5O2/c1-3-19(23(24,25)26)29-20(32)13-31-10-9-14-5-4-6-17(21(14)22(31)33)28-16-7-8-18-15(11-16)12-27-30(18)2/h4-12,19,28H,3,13H2,1-2H3,(H,29,32)/t19-/m0/s1. The molecule has 2 aromatic carbocycles. The molecule has 172 valence electrons. The maximum Gasteiger partial charge on any atom is 0.408 e. The molecule has 2 heterocycles. The summed E-state index contributed by atoms with van der Waals surface area (Å²) in [6.07, 6.45) is -1.70. The van der Waals surface area contributed by atoms with E-state index in [4.69, 9.17) is 0 Å². The number of aromatic nitrogens is 3. The van der Waals surface area contributed by atoms with Gasteiger partial charge >= 0.3 is 6.18 Å². The second kappa shape index (κ2) is 8.61. The van der Waals surface area contributed by atoms with E-state index in [2.05, 4.69) is 10.4 Å². The molecule has 1 atom stereocenters. The summed E-state index contributed by atoms with van der Waals surface area (Å²) >= 11 is 0.